The first-order chi connectivity index (χ1) is 18.9. The van der Waals surface area contributed by atoms with Gasteiger partial charge >= 0.3 is 12.1 Å². The van der Waals surface area contributed by atoms with Gasteiger partial charge in [-0.2, -0.15) is 13.2 Å². The Morgan fingerprint density at radius 2 is 1.71 bits per heavy atom. The summed E-state index contributed by atoms with van der Waals surface area (Å²) in [6, 6.07) is -0.704. The predicted octanol–water partition coefficient (Wildman–Crippen LogP) is 5.50. The quantitative estimate of drug-likeness (QED) is 0.169. The number of halogens is 3. The summed E-state index contributed by atoms with van der Waals surface area (Å²) in [4.78, 5) is 48.2. The van der Waals surface area contributed by atoms with E-state index in [1.54, 1.807) is 20.8 Å². The molecule has 0 aliphatic heterocycles. The number of alkyl halides is 3. The highest BCUT2D eigenvalue weighted by atomic mass is 19.4. The molecule has 1 aromatic rings. The minimum Gasteiger partial charge on any atom is -0.466 e. The van der Waals surface area contributed by atoms with Crippen molar-refractivity contribution >= 4 is 23.4 Å². The number of esters is 1. The number of aliphatic imine (C=N–C) groups is 1. The fourth-order valence-electron chi connectivity index (χ4n) is 5.23. The summed E-state index contributed by atoms with van der Waals surface area (Å²) < 4.78 is 48.2. The monoisotopic (exact) mass is 580 g/mol. The molecule has 8 nitrogen and oxygen atoms in total. The molecule has 1 amide bonds. The summed E-state index contributed by atoms with van der Waals surface area (Å²) in [6.45, 7) is 12.4. The average molecular weight is 581 g/mol. The second-order valence-corrected chi connectivity index (χ2v) is 12.4. The number of ether oxygens (including phenoxy) is 1. The first-order valence-corrected chi connectivity index (χ1v) is 13.9. The number of hydrogen-bond acceptors (Lipinski definition) is 7. The van der Waals surface area contributed by atoms with Crippen molar-refractivity contribution in [3.63, 3.8) is 0 Å². The van der Waals surface area contributed by atoms with E-state index in [0.717, 1.165) is 4.90 Å². The van der Waals surface area contributed by atoms with E-state index in [1.165, 1.54) is 12.4 Å². The highest BCUT2D eigenvalue weighted by Gasteiger charge is 2.43. The molecule has 1 fully saturated rings. The van der Waals surface area contributed by atoms with Crippen molar-refractivity contribution in [2.24, 2.45) is 21.6 Å². The highest BCUT2D eigenvalue weighted by Crippen LogP contribution is 2.41. The molecule has 2 rings (SSSR count). The number of carbonyl (C=O) groups excluding carboxylic acids is 3. The SMILES string of the molecule is CCOC(=O)CC1(C)CCC(N=C(C(=CN)C(=O)N(CC(=O)c2c(C)cncc2C)CC(C)(C)C)C(F)(F)F)CC1. The molecule has 0 atom stereocenters. The summed E-state index contributed by atoms with van der Waals surface area (Å²) in [5.41, 5.74) is 4.18. The van der Waals surface area contributed by atoms with Gasteiger partial charge in [-0.15, -0.1) is 0 Å². The van der Waals surface area contributed by atoms with Gasteiger partial charge in [0.05, 0.1) is 31.2 Å². The summed E-state index contributed by atoms with van der Waals surface area (Å²) in [7, 11) is 0. The zero-order valence-corrected chi connectivity index (χ0v) is 25.2. The van der Waals surface area contributed by atoms with Gasteiger partial charge in [-0.3, -0.25) is 24.4 Å². The molecular formula is C30H43F3N4O4. The highest BCUT2D eigenvalue weighted by molar-refractivity contribution is 6.24. The van der Waals surface area contributed by atoms with Crippen LogP contribution in [0.15, 0.2) is 29.2 Å². The maximum absolute atomic E-state index is 14.4. The molecule has 0 unspecified atom stereocenters. The normalized spacial score (nSPS) is 20.5. The third-order valence-electron chi connectivity index (χ3n) is 7.16. The fraction of sp³-hybridized carbons (Fsp3) is 0.633. The van der Waals surface area contributed by atoms with E-state index in [0.29, 0.717) is 48.6 Å². The van der Waals surface area contributed by atoms with Gasteiger partial charge in [0.15, 0.2) is 11.5 Å². The Morgan fingerprint density at radius 1 is 1.15 bits per heavy atom. The Balaban J connectivity index is 2.37. The number of nitrogens with two attached hydrogens (primary N) is 1. The van der Waals surface area contributed by atoms with Crippen LogP contribution in [0.25, 0.3) is 0 Å². The van der Waals surface area contributed by atoms with Gasteiger partial charge < -0.3 is 15.4 Å². The van der Waals surface area contributed by atoms with Gasteiger partial charge in [0.1, 0.15) is 0 Å². The van der Waals surface area contributed by atoms with Crippen LogP contribution in [0.2, 0.25) is 0 Å². The van der Waals surface area contributed by atoms with Crippen LogP contribution in [0.4, 0.5) is 13.2 Å². The Hall–Kier alpha value is -3.24. The smallest absolute Gasteiger partial charge is 0.433 e. The number of Topliss-reactive ketones (excluding diaryl/α,β-unsaturated/α-hetero) is 1. The standard InChI is InChI=1S/C30H43F3N4O4/c1-8-41-24(39)13-29(7)11-9-21(10-12-29)36-26(30(31,32)33)22(14-34)27(40)37(18-28(4,5)6)17-23(38)25-19(2)15-35-16-20(25)3/h14-16,21H,8-13,17-18,34H2,1-7H3. The van der Waals surface area contributed by atoms with Gasteiger partial charge in [0, 0.05) is 30.7 Å². The van der Waals surface area contributed by atoms with Crippen molar-refractivity contribution in [2.45, 2.75) is 92.8 Å². The molecule has 228 valence electrons. The molecule has 1 aliphatic carbocycles. The fourth-order valence-corrected chi connectivity index (χ4v) is 5.23. The second kappa shape index (κ2) is 13.6. The first-order valence-electron chi connectivity index (χ1n) is 13.9. The lowest BCUT2D eigenvalue weighted by atomic mass is 9.72. The van der Waals surface area contributed by atoms with Crippen LogP contribution >= 0.6 is 0 Å². The number of carbonyl (C=O) groups is 3. The number of ketones is 1. The van der Waals surface area contributed by atoms with E-state index < -0.39 is 52.6 Å². The number of aromatic nitrogens is 1. The van der Waals surface area contributed by atoms with Crippen molar-refractivity contribution in [1.82, 2.24) is 9.88 Å². The van der Waals surface area contributed by atoms with E-state index in [-0.39, 0.29) is 25.5 Å². The molecule has 0 bridgehead atoms. The van der Waals surface area contributed by atoms with E-state index in [1.807, 2.05) is 27.7 Å². The van der Waals surface area contributed by atoms with Gasteiger partial charge in [0.25, 0.3) is 5.91 Å². The Labute approximate surface area is 240 Å². The third-order valence-corrected chi connectivity index (χ3v) is 7.16. The molecule has 1 aromatic heterocycles. The number of amides is 1. The third kappa shape index (κ3) is 9.67. The Bertz CT molecular complexity index is 1160. The minimum absolute atomic E-state index is 0.0128. The molecule has 1 aliphatic rings. The van der Waals surface area contributed by atoms with Gasteiger partial charge in [-0.05, 0) is 68.4 Å². The zero-order valence-electron chi connectivity index (χ0n) is 25.2. The summed E-state index contributed by atoms with van der Waals surface area (Å²) >= 11 is 0. The lowest BCUT2D eigenvalue weighted by Gasteiger charge is -2.36. The first kappa shape index (κ1) is 34.0. The molecule has 0 radical (unpaired) electrons. The van der Waals surface area contributed by atoms with Crippen LogP contribution < -0.4 is 5.73 Å². The lowest BCUT2D eigenvalue weighted by Crippen LogP contribution is -2.45. The van der Waals surface area contributed by atoms with Crippen molar-refractivity contribution in [3.05, 3.63) is 40.9 Å². The molecule has 1 saturated carbocycles. The molecule has 0 spiro atoms. The minimum atomic E-state index is -4.96. The van der Waals surface area contributed by atoms with Crippen LogP contribution in [-0.2, 0) is 14.3 Å². The maximum atomic E-state index is 14.4. The van der Waals surface area contributed by atoms with Gasteiger partial charge in [0.2, 0.25) is 0 Å². The van der Waals surface area contributed by atoms with E-state index in [4.69, 9.17) is 10.5 Å². The van der Waals surface area contributed by atoms with Crippen LogP contribution in [-0.4, -0.2) is 65.2 Å². The summed E-state index contributed by atoms with van der Waals surface area (Å²) in [5, 5.41) is 0. The molecule has 2 N–H and O–H groups in total. The van der Waals surface area contributed by atoms with Crippen LogP contribution in [0.1, 0.15) is 88.2 Å². The summed E-state index contributed by atoms with van der Waals surface area (Å²) in [5.74, 6) is -1.76. The molecule has 1 heterocycles. The number of nitrogens with zero attached hydrogens (tertiary/aromatic N) is 3. The number of aryl methyl sites for hydroxylation is 2. The van der Waals surface area contributed by atoms with Gasteiger partial charge in [-0.1, -0.05) is 27.7 Å². The molecule has 0 saturated heterocycles. The number of rotatable bonds is 10. The van der Waals surface area contributed by atoms with Crippen molar-refractivity contribution in [2.75, 3.05) is 19.7 Å². The summed E-state index contributed by atoms with van der Waals surface area (Å²) in [6.07, 6.45) is 0.496. The van der Waals surface area contributed by atoms with Crippen molar-refractivity contribution in [1.29, 1.82) is 0 Å². The van der Waals surface area contributed by atoms with Crippen LogP contribution in [0, 0.1) is 24.7 Å². The zero-order chi connectivity index (χ0) is 31.2. The van der Waals surface area contributed by atoms with E-state index in [9.17, 15) is 27.6 Å². The second-order valence-electron chi connectivity index (χ2n) is 12.4. The predicted molar refractivity (Wildman–Crippen MR) is 151 cm³/mol. The van der Waals surface area contributed by atoms with E-state index in [2.05, 4.69) is 9.98 Å². The lowest BCUT2D eigenvalue weighted by molar-refractivity contribution is -0.146. The Kier molecular flexibility index (Phi) is 11.3. The molecule has 41 heavy (non-hydrogen) atoms. The molecular weight excluding hydrogens is 537 g/mol. The largest absolute Gasteiger partial charge is 0.466 e. The van der Waals surface area contributed by atoms with Gasteiger partial charge in [-0.25, -0.2) is 0 Å². The van der Waals surface area contributed by atoms with Crippen LogP contribution in [0.5, 0.6) is 0 Å². The van der Waals surface area contributed by atoms with Crippen molar-refractivity contribution < 1.29 is 32.3 Å². The van der Waals surface area contributed by atoms with E-state index >= 15 is 0 Å². The molecule has 0 aromatic carbocycles. The van der Waals surface area contributed by atoms with Crippen molar-refractivity contribution in [3.8, 4) is 0 Å². The topological polar surface area (TPSA) is 115 Å². The molecule has 11 heteroatoms. The Morgan fingerprint density at radius 3 is 2.17 bits per heavy atom. The maximum Gasteiger partial charge on any atom is 0.433 e. The number of pyridine rings is 1. The van der Waals surface area contributed by atoms with Crippen LogP contribution in [0.3, 0.4) is 0 Å². The number of hydrogen-bond donors (Lipinski definition) is 1. The average Bonchev–Trinajstić information content (AvgIpc) is 2.83.